The molecule has 3 amide bonds. The number of amides is 3. The number of nitrogens with one attached hydrogen (secondary N) is 2. The number of nitrogens with zero attached hydrogens (tertiary/aromatic N) is 3. The van der Waals surface area contributed by atoms with Crippen LogP contribution in [-0.2, 0) is 16.1 Å². The second-order valence-electron chi connectivity index (χ2n) is 9.27. The first-order valence-electron chi connectivity index (χ1n) is 12.0. The van der Waals surface area contributed by atoms with E-state index < -0.39 is 51.5 Å². The van der Waals surface area contributed by atoms with E-state index in [1.54, 1.807) is 36.4 Å². The quantitative estimate of drug-likeness (QED) is 0.118. The Kier molecular flexibility index (Phi) is 8.54. The molecular formula is C27H24F3N5O4S2. The van der Waals surface area contributed by atoms with E-state index in [2.05, 4.69) is 15.6 Å². The maximum absolute atomic E-state index is 14.9. The summed E-state index contributed by atoms with van der Waals surface area (Å²) < 4.78 is 48.6. The molecule has 9 nitrogen and oxygen atoms in total. The molecule has 0 spiro atoms. The highest BCUT2D eigenvalue weighted by Gasteiger charge is 2.52. The molecule has 41 heavy (non-hydrogen) atoms. The zero-order valence-corrected chi connectivity index (χ0v) is 23.9. The van der Waals surface area contributed by atoms with E-state index >= 15 is 0 Å². The summed E-state index contributed by atoms with van der Waals surface area (Å²) in [6.45, 7) is 2.78. The Labute approximate surface area is 243 Å². The molecule has 1 fully saturated rings. The van der Waals surface area contributed by atoms with Crippen LogP contribution in [0.1, 0.15) is 29.8 Å². The van der Waals surface area contributed by atoms with Crippen LogP contribution in [0.15, 0.2) is 53.6 Å². The number of aromatic nitrogens is 1. The lowest BCUT2D eigenvalue weighted by Gasteiger charge is -2.27. The van der Waals surface area contributed by atoms with Crippen molar-refractivity contribution in [3.63, 3.8) is 0 Å². The second-order valence-corrected chi connectivity index (χ2v) is 10.5. The monoisotopic (exact) mass is 603 g/mol. The maximum Gasteiger partial charge on any atom is 0.339 e. The molecule has 14 heteroatoms. The number of urea groups is 1. The maximum atomic E-state index is 14.9. The number of esters is 1. The lowest BCUT2D eigenvalue weighted by atomic mass is 10.0. The van der Waals surface area contributed by atoms with Gasteiger partial charge in [-0.15, -0.1) is 11.8 Å². The summed E-state index contributed by atoms with van der Waals surface area (Å²) in [4.78, 5) is 43.9. The number of hydrogen-bond donors (Lipinski definition) is 2. The molecule has 0 unspecified atom stereocenters. The molecule has 1 aliphatic rings. The van der Waals surface area contributed by atoms with Crippen molar-refractivity contribution in [1.29, 1.82) is 0 Å². The topological polar surface area (TPSA) is 104 Å². The summed E-state index contributed by atoms with van der Waals surface area (Å²) in [6.07, 6.45) is 2.82. The molecule has 2 N–H and O–H groups in total. The Balaban J connectivity index is 1.55. The number of methoxy groups -OCH3 is 1. The van der Waals surface area contributed by atoms with Gasteiger partial charge in [0.2, 0.25) is 0 Å². The molecule has 0 radical (unpaired) electrons. The van der Waals surface area contributed by atoms with E-state index in [1.165, 1.54) is 33.4 Å². The number of carbonyl (C=O) groups excluding carboxylic acids is 3. The van der Waals surface area contributed by atoms with Crippen LogP contribution in [0.2, 0.25) is 0 Å². The number of thiocarbonyl (C=S) groups is 1. The first kappa shape index (κ1) is 29.8. The number of rotatable bonds is 7. The smallest absolute Gasteiger partial charge is 0.339 e. The Morgan fingerprint density at radius 2 is 1.80 bits per heavy atom. The average molecular weight is 604 g/mol. The van der Waals surface area contributed by atoms with Gasteiger partial charge < -0.3 is 20.3 Å². The standard InChI is InChI=1S/C27H24F3N5O4S2/c1-27(2)24(37)35(18-12-16(28)22(41-4)21(30)20(18)29)26(38)34(27)13-14-9-10-31-19(11-14)33-25(40)32-17-8-6-5-7-15(17)23(36)39-3/h5-12H,13H2,1-4H3,(H2,31,32,33,40). The van der Waals surface area contributed by atoms with Gasteiger partial charge in [-0.25, -0.2) is 32.6 Å². The van der Waals surface area contributed by atoms with Crippen LogP contribution in [0.4, 0.5) is 35.2 Å². The van der Waals surface area contributed by atoms with Crippen LogP contribution in [0, 0.1) is 17.5 Å². The highest BCUT2D eigenvalue weighted by molar-refractivity contribution is 7.98. The van der Waals surface area contributed by atoms with Crippen molar-refractivity contribution in [3.05, 3.63) is 77.2 Å². The van der Waals surface area contributed by atoms with Crippen molar-refractivity contribution in [2.45, 2.75) is 30.8 Å². The van der Waals surface area contributed by atoms with E-state index in [0.29, 0.717) is 34.0 Å². The summed E-state index contributed by atoms with van der Waals surface area (Å²) in [6, 6.07) is 9.46. The third-order valence-electron chi connectivity index (χ3n) is 6.35. The molecular weight excluding hydrogens is 579 g/mol. The van der Waals surface area contributed by atoms with Gasteiger partial charge in [0.25, 0.3) is 5.91 Å². The van der Waals surface area contributed by atoms with Crippen molar-refractivity contribution in [1.82, 2.24) is 9.88 Å². The fraction of sp³-hybridized carbons (Fsp3) is 0.222. The van der Waals surface area contributed by atoms with Gasteiger partial charge in [0.15, 0.2) is 16.7 Å². The Morgan fingerprint density at radius 1 is 1.10 bits per heavy atom. The van der Waals surface area contributed by atoms with Crippen molar-refractivity contribution < 1.29 is 32.3 Å². The Morgan fingerprint density at radius 3 is 2.49 bits per heavy atom. The first-order valence-corrected chi connectivity index (χ1v) is 13.6. The summed E-state index contributed by atoms with van der Waals surface area (Å²) in [5.41, 5.74) is -1.08. The number of imide groups is 1. The zero-order chi connectivity index (χ0) is 30.1. The van der Waals surface area contributed by atoms with Gasteiger partial charge in [-0.05, 0) is 62.2 Å². The van der Waals surface area contributed by atoms with Crippen LogP contribution < -0.4 is 15.5 Å². The number of pyridine rings is 1. The molecule has 1 aromatic heterocycles. The van der Waals surface area contributed by atoms with Crippen molar-refractivity contribution >= 4 is 64.2 Å². The molecule has 0 bridgehead atoms. The minimum Gasteiger partial charge on any atom is -0.465 e. The van der Waals surface area contributed by atoms with Crippen LogP contribution >= 0.6 is 24.0 Å². The van der Waals surface area contributed by atoms with Gasteiger partial charge in [-0.2, -0.15) is 0 Å². The minimum absolute atomic E-state index is 0.109. The Bertz CT molecular complexity index is 1570. The highest BCUT2D eigenvalue weighted by Crippen LogP contribution is 2.38. The molecule has 2 heterocycles. The van der Waals surface area contributed by atoms with Crippen molar-refractivity contribution in [2.24, 2.45) is 0 Å². The number of para-hydroxylation sites is 1. The minimum atomic E-state index is -1.50. The van der Waals surface area contributed by atoms with Crippen molar-refractivity contribution in [3.8, 4) is 0 Å². The van der Waals surface area contributed by atoms with E-state index in [1.807, 2.05) is 0 Å². The number of thioether (sulfide) groups is 1. The Hall–Kier alpha value is -4.17. The molecule has 4 rings (SSSR count). The van der Waals surface area contributed by atoms with Gasteiger partial charge in [0.1, 0.15) is 17.2 Å². The summed E-state index contributed by atoms with van der Waals surface area (Å²) in [7, 11) is 1.26. The summed E-state index contributed by atoms with van der Waals surface area (Å²) in [5.74, 6) is -5.19. The molecule has 1 aliphatic heterocycles. The van der Waals surface area contributed by atoms with Crippen LogP contribution in [0.25, 0.3) is 0 Å². The number of hydrogen-bond acceptors (Lipinski definition) is 7. The number of halogens is 3. The lowest BCUT2D eigenvalue weighted by Crippen LogP contribution is -2.43. The summed E-state index contributed by atoms with van der Waals surface area (Å²) in [5, 5.41) is 5.90. The van der Waals surface area contributed by atoms with E-state index in [0.717, 1.165) is 4.90 Å². The predicted octanol–water partition coefficient (Wildman–Crippen LogP) is 5.56. The molecule has 2 aromatic carbocycles. The van der Waals surface area contributed by atoms with Crippen LogP contribution in [0.5, 0.6) is 0 Å². The van der Waals surface area contributed by atoms with Gasteiger partial charge in [-0.3, -0.25) is 4.79 Å². The highest BCUT2D eigenvalue weighted by atomic mass is 32.2. The zero-order valence-electron chi connectivity index (χ0n) is 22.3. The molecule has 1 saturated heterocycles. The van der Waals surface area contributed by atoms with Gasteiger partial charge in [0, 0.05) is 18.8 Å². The average Bonchev–Trinajstić information content (AvgIpc) is 3.10. The molecule has 214 valence electrons. The lowest BCUT2D eigenvalue weighted by molar-refractivity contribution is -0.123. The van der Waals surface area contributed by atoms with Gasteiger partial charge in [0.05, 0.1) is 28.9 Å². The third-order valence-corrected chi connectivity index (χ3v) is 7.34. The van der Waals surface area contributed by atoms with Crippen molar-refractivity contribution in [2.75, 3.05) is 28.9 Å². The number of carbonyl (C=O) groups is 3. The van der Waals surface area contributed by atoms with E-state index in [-0.39, 0.29) is 23.0 Å². The normalized spacial score (nSPS) is 14.3. The van der Waals surface area contributed by atoms with Crippen LogP contribution in [-0.4, -0.2) is 51.8 Å². The number of ether oxygens (including phenoxy) is 1. The van der Waals surface area contributed by atoms with Gasteiger partial charge >= 0.3 is 12.0 Å². The van der Waals surface area contributed by atoms with E-state index in [4.69, 9.17) is 17.0 Å². The summed E-state index contributed by atoms with van der Waals surface area (Å²) >= 11 is 6.01. The molecule has 0 atom stereocenters. The fourth-order valence-electron chi connectivity index (χ4n) is 4.20. The second kappa shape index (κ2) is 11.7. The number of anilines is 3. The fourth-order valence-corrected chi connectivity index (χ4v) is 4.94. The van der Waals surface area contributed by atoms with Crippen LogP contribution in [0.3, 0.4) is 0 Å². The largest absolute Gasteiger partial charge is 0.465 e. The molecule has 0 saturated carbocycles. The first-order chi connectivity index (χ1) is 19.4. The third kappa shape index (κ3) is 5.70. The van der Waals surface area contributed by atoms with Gasteiger partial charge in [-0.1, -0.05) is 12.1 Å². The molecule has 3 aromatic rings. The number of benzene rings is 2. The predicted molar refractivity (Wildman–Crippen MR) is 152 cm³/mol. The molecule has 0 aliphatic carbocycles. The SMILES string of the molecule is COC(=O)c1ccccc1NC(=S)Nc1cc(CN2C(=O)N(c3cc(F)c(SC)c(F)c3F)C(=O)C2(C)C)ccn1. The van der Waals surface area contributed by atoms with E-state index in [9.17, 15) is 27.6 Å².